The Labute approximate surface area is 148 Å². The van der Waals surface area contributed by atoms with Gasteiger partial charge in [0.15, 0.2) is 0 Å². The Hall–Kier alpha value is -0.970. The summed E-state index contributed by atoms with van der Waals surface area (Å²) in [6.45, 7) is 11.9. The van der Waals surface area contributed by atoms with Gasteiger partial charge in [0.05, 0.1) is 15.6 Å². The van der Waals surface area contributed by atoms with Crippen molar-refractivity contribution in [1.29, 1.82) is 0 Å². The molecule has 130 valence electrons. The van der Waals surface area contributed by atoms with Crippen LogP contribution in [0.1, 0.15) is 53.1 Å². The van der Waals surface area contributed by atoms with Crippen molar-refractivity contribution in [3.63, 3.8) is 0 Å². The SMILES string of the molecule is CC(NCC(C)(C)NC(=O)OC(C)(C)C)c1cccc(Cl)c1Cl. The number of amides is 1. The Morgan fingerprint density at radius 2 is 1.83 bits per heavy atom. The molecule has 1 aromatic rings. The molecule has 0 bridgehead atoms. The number of carbonyl (C=O) groups excluding carboxylic acids is 1. The van der Waals surface area contributed by atoms with Gasteiger partial charge in [-0.3, -0.25) is 0 Å². The number of ether oxygens (including phenoxy) is 1. The van der Waals surface area contributed by atoms with E-state index in [0.717, 1.165) is 5.56 Å². The van der Waals surface area contributed by atoms with Crippen LogP contribution in [0.15, 0.2) is 18.2 Å². The lowest BCUT2D eigenvalue weighted by atomic mass is 10.0. The Balaban J connectivity index is 2.61. The average molecular weight is 361 g/mol. The summed E-state index contributed by atoms with van der Waals surface area (Å²) >= 11 is 12.3. The fraction of sp³-hybridized carbons (Fsp3) is 0.588. The fourth-order valence-corrected chi connectivity index (χ4v) is 2.47. The molecule has 0 aliphatic rings. The van der Waals surface area contributed by atoms with Crippen LogP contribution in [0.5, 0.6) is 0 Å². The van der Waals surface area contributed by atoms with Gasteiger partial charge in [0, 0.05) is 12.6 Å². The maximum Gasteiger partial charge on any atom is 0.408 e. The summed E-state index contributed by atoms with van der Waals surface area (Å²) in [6, 6.07) is 5.56. The maximum absolute atomic E-state index is 11.9. The quantitative estimate of drug-likeness (QED) is 0.780. The normalized spacial score (nSPS) is 13.6. The average Bonchev–Trinajstić information content (AvgIpc) is 2.36. The van der Waals surface area contributed by atoms with Crippen LogP contribution in [0, 0.1) is 0 Å². The first-order valence-electron chi connectivity index (χ1n) is 7.60. The van der Waals surface area contributed by atoms with Crippen molar-refractivity contribution in [3.8, 4) is 0 Å². The van der Waals surface area contributed by atoms with Crippen LogP contribution in [0.4, 0.5) is 4.79 Å². The third-order valence-electron chi connectivity index (χ3n) is 3.14. The van der Waals surface area contributed by atoms with E-state index in [1.807, 2.05) is 53.7 Å². The molecule has 0 aliphatic heterocycles. The zero-order chi connectivity index (χ0) is 17.8. The Morgan fingerprint density at radius 3 is 2.39 bits per heavy atom. The zero-order valence-electron chi connectivity index (χ0n) is 14.6. The molecular weight excluding hydrogens is 335 g/mol. The third-order valence-corrected chi connectivity index (χ3v) is 3.97. The van der Waals surface area contributed by atoms with Gasteiger partial charge in [-0.15, -0.1) is 0 Å². The molecule has 0 saturated carbocycles. The first kappa shape index (κ1) is 20.1. The summed E-state index contributed by atoms with van der Waals surface area (Å²) in [5.74, 6) is 0. The number of hydrogen-bond donors (Lipinski definition) is 2. The standard InChI is InChI=1S/C17H26Cl2N2O2/c1-11(12-8-7-9-13(18)14(12)19)20-10-17(5,6)21-15(22)23-16(2,3)4/h7-9,11,20H,10H2,1-6H3,(H,21,22). The number of halogens is 2. The van der Waals surface area contributed by atoms with E-state index < -0.39 is 17.2 Å². The van der Waals surface area contributed by atoms with E-state index in [1.165, 1.54) is 0 Å². The maximum atomic E-state index is 11.9. The van der Waals surface area contributed by atoms with Gasteiger partial charge in [-0.25, -0.2) is 4.79 Å². The number of hydrogen-bond acceptors (Lipinski definition) is 3. The van der Waals surface area contributed by atoms with E-state index in [1.54, 1.807) is 6.07 Å². The van der Waals surface area contributed by atoms with Gasteiger partial charge in [-0.2, -0.15) is 0 Å². The summed E-state index contributed by atoms with van der Waals surface area (Å²) in [5, 5.41) is 7.30. The lowest BCUT2D eigenvalue weighted by molar-refractivity contribution is 0.0471. The second-order valence-corrected chi connectivity index (χ2v) is 8.04. The highest BCUT2D eigenvalue weighted by Gasteiger charge is 2.25. The molecule has 0 fully saturated rings. The Bertz CT molecular complexity index is 554. The molecule has 0 radical (unpaired) electrons. The molecule has 1 amide bonds. The lowest BCUT2D eigenvalue weighted by Gasteiger charge is -2.30. The highest BCUT2D eigenvalue weighted by atomic mass is 35.5. The molecule has 0 saturated heterocycles. The van der Waals surface area contributed by atoms with Crippen LogP contribution in [0.25, 0.3) is 0 Å². The second kappa shape index (κ2) is 7.73. The number of alkyl carbamates (subject to hydrolysis) is 1. The first-order valence-corrected chi connectivity index (χ1v) is 8.35. The molecule has 0 aromatic heterocycles. The van der Waals surface area contributed by atoms with Crippen LogP contribution in [0.3, 0.4) is 0 Å². The van der Waals surface area contributed by atoms with Crippen LogP contribution in [0.2, 0.25) is 10.0 Å². The van der Waals surface area contributed by atoms with Crippen molar-refractivity contribution in [3.05, 3.63) is 33.8 Å². The Morgan fingerprint density at radius 1 is 1.22 bits per heavy atom. The fourth-order valence-electron chi connectivity index (χ4n) is 2.00. The van der Waals surface area contributed by atoms with E-state index in [0.29, 0.717) is 16.6 Å². The topological polar surface area (TPSA) is 50.4 Å². The van der Waals surface area contributed by atoms with E-state index in [9.17, 15) is 4.79 Å². The molecule has 1 unspecified atom stereocenters. The molecule has 2 N–H and O–H groups in total. The van der Waals surface area contributed by atoms with Gasteiger partial charge in [-0.05, 0) is 53.2 Å². The highest BCUT2D eigenvalue weighted by molar-refractivity contribution is 6.42. The molecule has 0 heterocycles. The monoisotopic (exact) mass is 360 g/mol. The number of rotatable bonds is 5. The van der Waals surface area contributed by atoms with Crippen molar-refractivity contribution in [2.45, 2.75) is 58.7 Å². The minimum atomic E-state index is -0.519. The minimum absolute atomic E-state index is 0.000844. The van der Waals surface area contributed by atoms with Gasteiger partial charge < -0.3 is 15.4 Å². The van der Waals surface area contributed by atoms with E-state index in [4.69, 9.17) is 27.9 Å². The molecule has 1 atom stereocenters. The van der Waals surface area contributed by atoms with E-state index in [2.05, 4.69) is 10.6 Å². The lowest BCUT2D eigenvalue weighted by Crippen LogP contribution is -2.51. The Kier molecular flexibility index (Phi) is 6.75. The summed E-state index contributed by atoms with van der Waals surface area (Å²) in [4.78, 5) is 11.9. The number of carbonyl (C=O) groups is 1. The van der Waals surface area contributed by atoms with Crippen LogP contribution in [-0.2, 0) is 4.74 Å². The molecular formula is C17H26Cl2N2O2. The van der Waals surface area contributed by atoms with Gasteiger partial charge in [0.25, 0.3) is 0 Å². The van der Waals surface area contributed by atoms with Crippen molar-refractivity contribution < 1.29 is 9.53 Å². The summed E-state index contributed by atoms with van der Waals surface area (Å²) in [7, 11) is 0. The molecule has 1 rings (SSSR count). The second-order valence-electron chi connectivity index (χ2n) is 7.26. The molecule has 0 aliphatic carbocycles. The third kappa shape index (κ3) is 6.98. The van der Waals surface area contributed by atoms with E-state index >= 15 is 0 Å². The van der Waals surface area contributed by atoms with Crippen molar-refractivity contribution in [1.82, 2.24) is 10.6 Å². The number of nitrogens with one attached hydrogen (secondary N) is 2. The van der Waals surface area contributed by atoms with Crippen molar-refractivity contribution in [2.24, 2.45) is 0 Å². The van der Waals surface area contributed by atoms with Crippen LogP contribution >= 0.6 is 23.2 Å². The van der Waals surface area contributed by atoms with Crippen molar-refractivity contribution in [2.75, 3.05) is 6.54 Å². The predicted octanol–water partition coefficient (Wildman–Crippen LogP) is 4.95. The first-order chi connectivity index (χ1) is 10.4. The van der Waals surface area contributed by atoms with Gasteiger partial charge in [-0.1, -0.05) is 35.3 Å². The molecule has 23 heavy (non-hydrogen) atoms. The minimum Gasteiger partial charge on any atom is -0.444 e. The van der Waals surface area contributed by atoms with Crippen LogP contribution < -0.4 is 10.6 Å². The highest BCUT2D eigenvalue weighted by Crippen LogP contribution is 2.29. The van der Waals surface area contributed by atoms with Gasteiger partial charge >= 0.3 is 6.09 Å². The van der Waals surface area contributed by atoms with Crippen LogP contribution in [-0.4, -0.2) is 23.8 Å². The largest absolute Gasteiger partial charge is 0.444 e. The van der Waals surface area contributed by atoms with Gasteiger partial charge in [0.1, 0.15) is 5.60 Å². The van der Waals surface area contributed by atoms with Crippen molar-refractivity contribution >= 4 is 29.3 Å². The van der Waals surface area contributed by atoms with E-state index in [-0.39, 0.29) is 6.04 Å². The molecule has 0 spiro atoms. The smallest absolute Gasteiger partial charge is 0.408 e. The van der Waals surface area contributed by atoms with Gasteiger partial charge in [0.2, 0.25) is 0 Å². The summed E-state index contributed by atoms with van der Waals surface area (Å²) in [6.07, 6.45) is -0.433. The predicted molar refractivity (Wildman–Crippen MR) is 96.3 cm³/mol. The molecule has 1 aromatic carbocycles. The summed E-state index contributed by atoms with van der Waals surface area (Å²) < 4.78 is 5.28. The molecule has 4 nitrogen and oxygen atoms in total. The summed E-state index contributed by atoms with van der Waals surface area (Å²) in [5.41, 5.74) is -0.0659. The number of benzene rings is 1. The molecule has 6 heteroatoms. The zero-order valence-corrected chi connectivity index (χ0v) is 16.1.